The third-order valence-corrected chi connectivity index (χ3v) is 8.55. The molecule has 47 heavy (non-hydrogen) atoms. The highest BCUT2D eigenvalue weighted by atomic mass is 19.4. The molecule has 0 aliphatic carbocycles. The first-order valence-corrected chi connectivity index (χ1v) is 15.3. The number of aromatic nitrogens is 4. The molecule has 12 heteroatoms. The quantitative estimate of drug-likeness (QED) is 0.204. The Hall–Kier alpha value is -5.39. The number of carbonyl (C=O) groups excluding carboxylic acids is 2. The van der Waals surface area contributed by atoms with Gasteiger partial charge in [0.1, 0.15) is 17.8 Å². The lowest BCUT2D eigenvalue weighted by molar-refractivity contribution is -0.137. The molecule has 1 aliphatic heterocycles. The Morgan fingerprint density at radius 1 is 0.894 bits per heavy atom. The fraction of sp³-hybridized carbons (Fsp3) is 0.257. The molecule has 1 aliphatic rings. The fourth-order valence-corrected chi connectivity index (χ4v) is 5.98. The second-order valence-electron chi connectivity index (χ2n) is 11.7. The maximum Gasteiger partial charge on any atom is 0.416 e. The molecule has 0 saturated carbocycles. The summed E-state index contributed by atoms with van der Waals surface area (Å²) < 4.78 is 42.7. The van der Waals surface area contributed by atoms with Crippen molar-refractivity contribution in [3.05, 3.63) is 120 Å². The number of piperidine rings is 1. The Bertz CT molecular complexity index is 1870. The summed E-state index contributed by atoms with van der Waals surface area (Å²) >= 11 is 0. The zero-order valence-corrected chi connectivity index (χ0v) is 26.0. The molecule has 2 amide bonds. The number of benzene rings is 3. The molecular weight excluding hydrogens is 607 g/mol. The zero-order valence-electron chi connectivity index (χ0n) is 26.0. The van der Waals surface area contributed by atoms with Crippen molar-refractivity contribution >= 4 is 23.2 Å². The number of carbonyl (C=O) groups is 2. The van der Waals surface area contributed by atoms with Gasteiger partial charge in [-0.25, -0.2) is 0 Å². The number of anilines is 2. The monoisotopic (exact) mass is 641 g/mol. The minimum absolute atomic E-state index is 0.292. The van der Waals surface area contributed by atoms with E-state index in [4.69, 9.17) is 0 Å². The summed E-state index contributed by atoms with van der Waals surface area (Å²) in [5.41, 5.74) is 3.37. The van der Waals surface area contributed by atoms with E-state index in [0.717, 1.165) is 55.1 Å². The van der Waals surface area contributed by atoms with Crippen LogP contribution in [0.15, 0.2) is 91.4 Å². The second-order valence-corrected chi connectivity index (χ2v) is 11.7. The van der Waals surface area contributed by atoms with Gasteiger partial charge in [0.05, 0.1) is 11.3 Å². The summed E-state index contributed by atoms with van der Waals surface area (Å²) in [6.45, 7) is 2.20. The van der Waals surface area contributed by atoms with Crippen molar-refractivity contribution in [1.29, 1.82) is 0 Å². The highest BCUT2D eigenvalue weighted by Crippen LogP contribution is 2.32. The molecular formula is C35H34F3N7O2. The lowest BCUT2D eigenvalue weighted by Gasteiger charge is -2.33. The average molecular weight is 642 g/mol. The highest BCUT2D eigenvalue weighted by Gasteiger charge is 2.30. The van der Waals surface area contributed by atoms with Gasteiger partial charge in [-0.2, -0.15) is 13.2 Å². The summed E-state index contributed by atoms with van der Waals surface area (Å²) in [5, 5.41) is 14.0. The number of nitrogens with one attached hydrogen (secondary N) is 2. The van der Waals surface area contributed by atoms with Crippen LogP contribution in [0.1, 0.15) is 56.6 Å². The van der Waals surface area contributed by atoms with Crippen LogP contribution in [0.4, 0.5) is 24.5 Å². The van der Waals surface area contributed by atoms with Crippen LogP contribution < -0.4 is 15.5 Å². The Labute approximate surface area is 270 Å². The predicted octanol–water partition coefficient (Wildman–Crippen LogP) is 6.41. The molecule has 2 aromatic heterocycles. The average Bonchev–Trinajstić information content (AvgIpc) is 3.68. The van der Waals surface area contributed by atoms with E-state index >= 15 is 0 Å². The smallest absolute Gasteiger partial charge is 0.371 e. The SMILES string of the molecule is Cn1cc(NC(=O)c2ccccc2-c2ccc(C(F)(F)F)cc2)cc1C(=O)NCc1ccc(N2CCC(c3nncn3C)CC2)cc1. The number of alkyl halides is 3. The van der Waals surface area contributed by atoms with Gasteiger partial charge < -0.3 is 24.7 Å². The number of halogens is 3. The first-order valence-electron chi connectivity index (χ1n) is 15.3. The molecule has 0 bridgehead atoms. The summed E-state index contributed by atoms with van der Waals surface area (Å²) in [6, 6.07) is 21.1. The molecule has 1 saturated heterocycles. The van der Waals surface area contributed by atoms with Crippen LogP contribution in [-0.2, 0) is 26.8 Å². The van der Waals surface area contributed by atoms with Crippen LogP contribution in [0.2, 0.25) is 0 Å². The van der Waals surface area contributed by atoms with Gasteiger partial charge in [-0.15, -0.1) is 10.2 Å². The van der Waals surface area contributed by atoms with Crippen molar-refractivity contribution in [3.8, 4) is 11.1 Å². The van der Waals surface area contributed by atoms with Crippen LogP contribution in [-0.4, -0.2) is 44.2 Å². The van der Waals surface area contributed by atoms with Gasteiger partial charge in [-0.05, 0) is 65.9 Å². The van der Waals surface area contributed by atoms with Crippen molar-refractivity contribution < 1.29 is 22.8 Å². The summed E-state index contributed by atoms with van der Waals surface area (Å²) in [4.78, 5) is 28.7. The van der Waals surface area contributed by atoms with E-state index in [-0.39, 0.29) is 5.91 Å². The maximum atomic E-state index is 13.2. The van der Waals surface area contributed by atoms with Crippen molar-refractivity contribution in [2.45, 2.75) is 31.5 Å². The lowest BCUT2D eigenvalue weighted by atomic mass is 9.95. The van der Waals surface area contributed by atoms with Crippen molar-refractivity contribution in [2.75, 3.05) is 23.3 Å². The number of hydrogen-bond donors (Lipinski definition) is 2. The van der Waals surface area contributed by atoms with Crippen LogP contribution in [0, 0.1) is 0 Å². The van der Waals surface area contributed by atoms with E-state index < -0.39 is 17.6 Å². The van der Waals surface area contributed by atoms with E-state index in [2.05, 4.69) is 37.9 Å². The molecule has 0 atom stereocenters. The summed E-state index contributed by atoms with van der Waals surface area (Å²) in [5.74, 6) is 0.692. The zero-order chi connectivity index (χ0) is 33.1. The lowest BCUT2D eigenvalue weighted by Crippen LogP contribution is -2.33. The molecule has 3 heterocycles. The van der Waals surface area contributed by atoms with Crippen molar-refractivity contribution in [1.82, 2.24) is 24.6 Å². The van der Waals surface area contributed by atoms with Crippen molar-refractivity contribution in [3.63, 3.8) is 0 Å². The Morgan fingerprint density at radius 3 is 2.26 bits per heavy atom. The minimum Gasteiger partial charge on any atom is -0.371 e. The second kappa shape index (κ2) is 13.1. The Balaban J connectivity index is 1.04. The molecule has 1 fully saturated rings. The number of amides is 2. The molecule has 5 aromatic rings. The molecule has 9 nitrogen and oxygen atoms in total. The van der Waals surface area contributed by atoms with Gasteiger partial charge in [0.15, 0.2) is 0 Å². The molecule has 6 rings (SSSR count). The maximum absolute atomic E-state index is 13.2. The molecule has 2 N–H and O–H groups in total. The predicted molar refractivity (Wildman–Crippen MR) is 173 cm³/mol. The molecule has 0 radical (unpaired) electrons. The molecule has 0 unspecified atom stereocenters. The first-order chi connectivity index (χ1) is 22.6. The normalized spacial score (nSPS) is 13.9. The van der Waals surface area contributed by atoms with Crippen molar-refractivity contribution in [2.24, 2.45) is 14.1 Å². The fourth-order valence-electron chi connectivity index (χ4n) is 5.98. The Kier molecular flexibility index (Phi) is 8.84. The van der Waals surface area contributed by atoms with E-state index in [9.17, 15) is 22.8 Å². The summed E-state index contributed by atoms with van der Waals surface area (Å²) in [6.07, 6.45) is 0.945. The third kappa shape index (κ3) is 7.06. The van der Waals surface area contributed by atoms with Gasteiger partial charge >= 0.3 is 6.18 Å². The first kappa shape index (κ1) is 31.6. The number of aryl methyl sites for hydroxylation is 2. The number of nitrogens with zero attached hydrogens (tertiary/aromatic N) is 5. The van der Waals surface area contributed by atoms with Gasteiger partial charge in [0, 0.05) is 57.1 Å². The molecule has 242 valence electrons. The van der Waals surface area contributed by atoms with Gasteiger partial charge in [0.25, 0.3) is 11.8 Å². The summed E-state index contributed by atoms with van der Waals surface area (Å²) in [7, 11) is 3.69. The highest BCUT2D eigenvalue weighted by molar-refractivity contribution is 6.09. The van der Waals surface area contributed by atoms with Crippen LogP contribution >= 0.6 is 0 Å². The van der Waals surface area contributed by atoms with Gasteiger partial charge in [-0.3, -0.25) is 9.59 Å². The van der Waals surface area contributed by atoms with E-state index in [0.29, 0.717) is 40.5 Å². The van der Waals surface area contributed by atoms with E-state index in [1.54, 1.807) is 54.5 Å². The van der Waals surface area contributed by atoms with Crippen LogP contribution in [0.3, 0.4) is 0 Å². The van der Waals surface area contributed by atoms with Crippen LogP contribution in [0.25, 0.3) is 11.1 Å². The van der Waals surface area contributed by atoms with E-state index in [1.165, 1.54) is 12.1 Å². The topological polar surface area (TPSA) is 97.1 Å². The Morgan fingerprint density at radius 2 is 1.60 bits per heavy atom. The minimum atomic E-state index is -4.45. The standard InChI is InChI=1S/C35H34F3N7O2/c1-43-21-27(41-33(46)30-6-4-3-5-29(30)24-9-11-26(12-10-24)35(36,37)38)19-31(43)34(47)39-20-23-7-13-28(14-8-23)45-17-15-25(16-18-45)32-42-40-22-44(32)2/h3-14,19,21-22,25H,15-18,20H2,1-2H3,(H,39,47)(H,41,46). The molecule has 0 spiro atoms. The largest absolute Gasteiger partial charge is 0.416 e. The third-order valence-electron chi connectivity index (χ3n) is 8.55. The van der Waals surface area contributed by atoms with Crippen LogP contribution in [0.5, 0.6) is 0 Å². The van der Waals surface area contributed by atoms with Gasteiger partial charge in [0.2, 0.25) is 0 Å². The number of hydrogen-bond acceptors (Lipinski definition) is 5. The van der Waals surface area contributed by atoms with E-state index in [1.807, 2.05) is 23.7 Å². The number of rotatable bonds is 8. The van der Waals surface area contributed by atoms with Gasteiger partial charge in [-0.1, -0.05) is 42.5 Å². The molecule has 3 aromatic carbocycles.